The minimum atomic E-state index is -1.45. The number of H-pyrrole nitrogens is 1. The fourth-order valence-electron chi connectivity index (χ4n) is 3.02. The highest BCUT2D eigenvalue weighted by Gasteiger charge is 2.55. The zero-order valence-corrected chi connectivity index (χ0v) is 16.6. The van der Waals surface area contributed by atoms with Crippen LogP contribution in [0.2, 0.25) is 19.6 Å². The van der Waals surface area contributed by atoms with Crippen LogP contribution in [0, 0.1) is 11.5 Å². The van der Waals surface area contributed by atoms with Gasteiger partial charge in [0.05, 0.1) is 0 Å². The van der Waals surface area contributed by atoms with Gasteiger partial charge < -0.3 is 14.2 Å². The SMILES string of the molecule is CC1(C)O[C@@H]2[C@H](O1)[C@@H](/C=C\C#C[Si](C)(C)C)O[C@H]2n1ccc(=O)[nH]c1=O. The first kappa shape index (κ1) is 18.9. The average Bonchev–Trinajstić information content (AvgIpc) is 2.97. The maximum atomic E-state index is 12.1. The quantitative estimate of drug-likeness (QED) is 0.623. The maximum Gasteiger partial charge on any atom is 0.330 e. The Labute approximate surface area is 153 Å². The molecular weight excluding hydrogens is 352 g/mol. The summed E-state index contributed by atoms with van der Waals surface area (Å²) in [5.41, 5.74) is 2.26. The highest BCUT2D eigenvalue weighted by Crippen LogP contribution is 2.42. The summed E-state index contributed by atoms with van der Waals surface area (Å²) in [7, 11) is -1.45. The smallest absolute Gasteiger partial charge is 0.330 e. The Bertz CT molecular complexity index is 884. The summed E-state index contributed by atoms with van der Waals surface area (Å²) in [4.78, 5) is 25.7. The molecule has 0 bridgehead atoms. The molecule has 0 radical (unpaired) electrons. The molecule has 2 aliphatic rings. The summed E-state index contributed by atoms with van der Waals surface area (Å²) in [5.74, 6) is 2.29. The van der Waals surface area contributed by atoms with Gasteiger partial charge in [-0.2, -0.15) is 0 Å². The van der Waals surface area contributed by atoms with Gasteiger partial charge in [-0.1, -0.05) is 25.6 Å². The van der Waals surface area contributed by atoms with E-state index in [4.69, 9.17) is 14.2 Å². The van der Waals surface area contributed by atoms with Crippen molar-refractivity contribution < 1.29 is 14.2 Å². The highest BCUT2D eigenvalue weighted by atomic mass is 28.3. The topological polar surface area (TPSA) is 82.6 Å². The second kappa shape index (κ2) is 6.67. The fraction of sp³-hybridized carbons (Fsp3) is 0.556. The van der Waals surface area contributed by atoms with E-state index in [1.807, 2.05) is 19.9 Å². The van der Waals surface area contributed by atoms with E-state index in [1.165, 1.54) is 16.8 Å². The van der Waals surface area contributed by atoms with Crippen LogP contribution in [0.5, 0.6) is 0 Å². The lowest BCUT2D eigenvalue weighted by atomic mass is 10.1. The zero-order chi connectivity index (χ0) is 19.1. The molecule has 1 aromatic rings. The molecule has 3 rings (SSSR count). The number of aromatic nitrogens is 2. The van der Waals surface area contributed by atoms with Crippen LogP contribution in [-0.2, 0) is 14.2 Å². The van der Waals surface area contributed by atoms with Gasteiger partial charge in [0.2, 0.25) is 0 Å². The van der Waals surface area contributed by atoms with Crippen molar-refractivity contribution >= 4 is 8.07 Å². The predicted molar refractivity (Wildman–Crippen MR) is 99.3 cm³/mol. The summed E-state index contributed by atoms with van der Waals surface area (Å²) in [5, 5.41) is 0. The van der Waals surface area contributed by atoms with E-state index in [2.05, 4.69) is 36.1 Å². The Morgan fingerprint density at radius 2 is 1.92 bits per heavy atom. The van der Waals surface area contributed by atoms with Crippen LogP contribution in [-0.4, -0.2) is 41.7 Å². The molecule has 26 heavy (non-hydrogen) atoms. The largest absolute Gasteiger partial charge is 0.345 e. The molecular formula is C18H24N2O5Si. The van der Waals surface area contributed by atoms with Gasteiger partial charge in [-0.25, -0.2) is 4.79 Å². The van der Waals surface area contributed by atoms with Crippen LogP contribution >= 0.6 is 0 Å². The van der Waals surface area contributed by atoms with Gasteiger partial charge in [-0.15, -0.1) is 5.54 Å². The van der Waals surface area contributed by atoms with E-state index in [9.17, 15) is 9.59 Å². The van der Waals surface area contributed by atoms with Crippen LogP contribution in [0.3, 0.4) is 0 Å². The number of aromatic amines is 1. The van der Waals surface area contributed by atoms with Crippen molar-refractivity contribution in [2.45, 2.75) is 63.8 Å². The number of allylic oxidation sites excluding steroid dienone is 1. The van der Waals surface area contributed by atoms with Crippen molar-refractivity contribution in [3.8, 4) is 11.5 Å². The van der Waals surface area contributed by atoms with E-state index in [-0.39, 0.29) is 6.10 Å². The number of nitrogens with one attached hydrogen (secondary N) is 1. The normalized spacial score (nSPS) is 30.2. The molecule has 0 aliphatic carbocycles. The van der Waals surface area contributed by atoms with E-state index < -0.39 is 43.5 Å². The second-order valence-corrected chi connectivity index (χ2v) is 12.7. The van der Waals surface area contributed by atoms with Gasteiger partial charge in [0.25, 0.3) is 5.56 Å². The number of fused-ring (bicyclic) bond motifs is 1. The fourth-order valence-corrected chi connectivity index (χ4v) is 3.53. The van der Waals surface area contributed by atoms with Crippen LogP contribution in [0.4, 0.5) is 0 Å². The molecule has 0 amide bonds. The zero-order valence-electron chi connectivity index (χ0n) is 15.6. The lowest BCUT2D eigenvalue weighted by Crippen LogP contribution is -2.37. The standard InChI is InChI=1S/C18H24N2O5Si/c1-18(2)24-14-12(8-6-7-11-26(3,4)5)23-16(15(14)25-18)20-10-9-13(21)19-17(20)22/h6,8-10,12,14-16H,1-5H3,(H,19,21,22)/b8-6-/t12-,14-,15-,16-/m1/s1. The average molecular weight is 376 g/mol. The number of ether oxygens (including phenoxy) is 3. The second-order valence-electron chi connectivity index (χ2n) is 7.95. The van der Waals surface area contributed by atoms with Gasteiger partial charge in [-0.05, 0) is 26.0 Å². The molecule has 2 fully saturated rings. The highest BCUT2D eigenvalue weighted by molar-refractivity contribution is 6.83. The van der Waals surface area contributed by atoms with Crippen molar-refractivity contribution in [2.24, 2.45) is 0 Å². The third kappa shape index (κ3) is 4.07. The molecule has 4 atom stereocenters. The van der Waals surface area contributed by atoms with Gasteiger partial charge in [0.1, 0.15) is 26.4 Å². The molecule has 0 unspecified atom stereocenters. The van der Waals surface area contributed by atoms with Crippen LogP contribution in [0.15, 0.2) is 34.0 Å². The van der Waals surface area contributed by atoms with E-state index >= 15 is 0 Å². The Balaban J connectivity index is 1.88. The molecule has 1 N–H and O–H groups in total. The molecule has 7 nitrogen and oxygen atoms in total. The van der Waals surface area contributed by atoms with Crippen LogP contribution < -0.4 is 11.2 Å². The number of rotatable bonds is 2. The van der Waals surface area contributed by atoms with Gasteiger partial charge in [0.15, 0.2) is 12.0 Å². The third-order valence-electron chi connectivity index (χ3n) is 4.01. The van der Waals surface area contributed by atoms with E-state index in [1.54, 1.807) is 6.08 Å². The Morgan fingerprint density at radius 1 is 1.23 bits per heavy atom. The third-order valence-corrected chi connectivity index (χ3v) is 4.90. The monoisotopic (exact) mass is 376 g/mol. The molecule has 0 spiro atoms. The van der Waals surface area contributed by atoms with Crippen LogP contribution in [0.1, 0.15) is 20.1 Å². The predicted octanol–water partition coefficient (Wildman–Crippen LogP) is 1.39. The molecule has 0 aromatic carbocycles. The van der Waals surface area contributed by atoms with E-state index in [0.29, 0.717) is 0 Å². The molecule has 0 saturated carbocycles. The minimum absolute atomic E-state index is 0.362. The van der Waals surface area contributed by atoms with Gasteiger partial charge in [-0.3, -0.25) is 14.3 Å². The Morgan fingerprint density at radius 3 is 2.58 bits per heavy atom. The molecule has 8 heteroatoms. The number of hydrogen-bond donors (Lipinski definition) is 1. The lowest BCUT2D eigenvalue weighted by molar-refractivity contribution is -0.192. The first-order chi connectivity index (χ1) is 12.1. The number of hydrogen-bond acceptors (Lipinski definition) is 5. The lowest BCUT2D eigenvalue weighted by Gasteiger charge is -2.23. The summed E-state index contributed by atoms with van der Waals surface area (Å²) in [6.07, 6.45) is 3.10. The van der Waals surface area contributed by atoms with Crippen LogP contribution in [0.25, 0.3) is 0 Å². The first-order valence-corrected chi connectivity index (χ1v) is 12.1. The summed E-state index contributed by atoms with van der Waals surface area (Å²) in [6.45, 7) is 10.2. The Kier molecular flexibility index (Phi) is 4.83. The first-order valence-electron chi connectivity index (χ1n) is 8.58. The molecule has 2 aliphatic heterocycles. The molecule has 1 aromatic heterocycles. The molecule has 3 heterocycles. The number of nitrogens with zero attached hydrogens (tertiary/aromatic N) is 1. The summed E-state index contributed by atoms with van der Waals surface area (Å²) < 4.78 is 19.3. The molecule has 2 saturated heterocycles. The van der Waals surface area contributed by atoms with Crippen molar-refractivity contribution in [2.75, 3.05) is 0 Å². The van der Waals surface area contributed by atoms with Gasteiger partial charge in [0, 0.05) is 12.3 Å². The summed E-state index contributed by atoms with van der Waals surface area (Å²) >= 11 is 0. The van der Waals surface area contributed by atoms with Crippen molar-refractivity contribution in [3.05, 3.63) is 45.3 Å². The maximum absolute atomic E-state index is 12.1. The summed E-state index contributed by atoms with van der Waals surface area (Å²) in [6, 6.07) is 1.28. The van der Waals surface area contributed by atoms with Crippen molar-refractivity contribution in [1.29, 1.82) is 0 Å². The van der Waals surface area contributed by atoms with Crippen molar-refractivity contribution in [3.63, 3.8) is 0 Å². The minimum Gasteiger partial charge on any atom is -0.345 e. The van der Waals surface area contributed by atoms with Gasteiger partial charge >= 0.3 is 5.69 Å². The molecule has 140 valence electrons. The van der Waals surface area contributed by atoms with Crippen molar-refractivity contribution in [1.82, 2.24) is 9.55 Å². The van der Waals surface area contributed by atoms with E-state index in [0.717, 1.165) is 0 Å². The Hall–Kier alpha value is -1.92.